The van der Waals surface area contributed by atoms with Gasteiger partial charge in [-0.25, -0.2) is 4.39 Å². The lowest BCUT2D eigenvalue weighted by Crippen LogP contribution is -2.34. The molecule has 1 aromatic carbocycles. The molecule has 0 saturated carbocycles. The fourth-order valence-electron chi connectivity index (χ4n) is 3.01. The van der Waals surface area contributed by atoms with Crippen LogP contribution >= 0.6 is 28.1 Å². The Hall–Kier alpha value is -0.720. The number of likely N-dealkylation sites (tertiary alicyclic amines) is 1. The monoisotopic (exact) mass is 357 g/mol. The molecule has 1 unspecified atom stereocenters. The number of halogens is 2. The van der Waals surface area contributed by atoms with Gasteiger partial charge in [0.2, 0.25) is 0 Å². The number of rotatable bonds is 2. The fourth-order valence-corrected chi connectivity index (χ4v) is 3.64. The van der Waals surface area contributed by atoms with Gasteiger partial charge in [0.05, 0.1) is 15.5 Å². The summed E-state index contributed by atoms with van der Waals surface area (Å²) < 4.78 is 16.9. The van der Waals surface area contributed by atoms with Crippen molar-refractivity contribution in [3.63, 3.8) is 0 Å². The van der Waals surface area contributed by atoms with Crippen molar-refractivity contribution in [3.8, 4) is 0 Å². The molecule has 108 valence electrons. The summed E-state index contributed by atoms with van der Waals surface area (Å²) in [5, 5.41) is 0. The molecule has 0 aliphatic carbocycles. The molecular weight excluding hydrogens is 341 g/mol. The third-order valence-electron chi connectivity index (χ3n) is 3.98. The Labute approximate surface area is 130 Å². The number of aromatic amines is 1. The van der Waals surface area contributed by atoms with Gasteiger partial charge in [-0.2, -0.15) is 0 Å². The van der Waals surface area contributed by atoms with Gasteiger partial charge >= 0.3 is 0 Å². The van der Waals surface area contributed by atoms with E-state index in [1.165, 1.54) is 12.8 Å². The van der Waals surface area contributed by atoms with Crippen LogP contribution in [0, 0.1) is 16.5 Å². The Balaban J connectivity index is 1.96. The maximum absolute atomic E-state index is 13.8. The van der Waals surface area contributed by atoms with Crippen LogP contribution in [-0.2, 0) is 6.54 Å². The molecule has 3 nitrogen and oxygen atoms in total. The van der Waals surface area contributed by atoms with Crippen LogP contribution in [0.5, 0.6) is 0 Å². The lowest BCUT2D eigenvalue weighted by atomic mass is 9.98. The van der Waals surface area contributed by atoms with Crippen molar-refractivity contribution in [1.82, 2.24) is 14.5 Å². The summed E-state index contributed by atoms with van der Waals surface area (Å²) in [6, 6.07) is 3.31. The molecule has 1 N–H and O–H groups in total. The number of nitrogens with one attached hydrogen (secondary N) is 1. The van der Waals surface area contributed by atoms with Gasteiger partial charge in [0.25, 0.3) is 0 Å². The molecule has 20 heavy (non-hydrogen) atoms. The summed E-state index contributed by atoms with van der Waals surface area (Å²) in [5.41, 5.74) is 1.73. The van der Waals surface area contributed by atoms with Crippen LogP contribution in [0.15, 0.2) is 16.6 Å². The van der Waals surface area contributed by atoms with Crippen LogP contribution in [0.3, 0.4) is 0 Å². The van der Waals surface area contributed by atoms with E-state index in [9.17, 15) is 4.39 Å². The van der Waals surface area contributed by atoms with Crippen LogP contribution in [0.4, 0.5) is 4.39 Å². The molecule has 1 atom stereocenters. The van der Waals surface area contributed by atoms with Gasteiger partial charge in [-0.3, -0.25) is 0 Å². The molecule has 0 amide bonds. The number of H-pyrrole nitrogens is 1. The summed E-state index contributed by atoms with van der Waals surface area (Å²) in [7, 11) is 2.15. The number of nitrogens with zero attached hydrogens (tertiary/aromatic N) is 2. The molecule has 0 spiro atoms. The Morgan fingerprint density at radius 3 is 3.05 bits per heavy atom. The highest BCUT2D eigenvalue weighted by atomic mass is 79.9. The zero-order valence-corrected chi connectivity index (χ0v) is 13.7. The van der Waals surface area contributed by atoms with Crippen molar-refractivity contribution < 1.29 is 4.39 Å². The standard InChI is InChI=1S/C14H17BrFN3S/c1-18-4-2-3-9(7-18)8-19-13-6-11(16)10(15)5-12(13)17-14(19)20/h5-6,9H,2-4,7-8H2,1H3,(H,17,20). The number of aromatic nitrogens is 2. The van der Waals surface area contributed by atoms with Crippen molar-refractivity contribution in [2.75, 3.05) is 20.1 Å². The normalized spacial score (nSPS) is 20.6. The van der Waals surface area contributed by atoms with Crippen LogP contribution in [0.25, 0.3) is 11.0 Å². The van der Waals surface area contributed by atoms with Gasteiger partial charge in [0.15, 0.2) is 4.77 Å². The number of benzene rings is 1. The lowest BCUT2D eigenvalue weighted by Gasteiger charge is -2.29. The summed E-state index contributed by atoms with van der Waals surface area (Å²) in [6.07, 6.45) is 2.43. The van der Waals surface area contributed by atoms with E-state index in [0.717, 1.165) is 30.7 Å². The van der Waals surface area contributed by atoms with E-state index in [-0.39, 0.29) is 5.82 Å². The fraction of sp³-hybridized carbons (Fsp3) is 0.500. The summed E-state index contributed by atoms with van der Waals surface area (Å²) in [4.78, 5) is 5.51. The van der Waals surface area contributed by atoms with Crippen LogP contribution in [0.2, 0.25) is 0 Å². The number of fused-ring (bicyclic) bond motifs is 1. The molecule has 1 saturated heterocycles. The first-order valence-electron chi connectivity index (χ1n) is 6.80. The predicted octanol–water partition coefficient (Wildman–Crippen LogP) is 3.94. The van der Waals surface area contributed by atoms with Crippen molar-refractivity contribution in [1.29, 1.82) is 0 Å². The van der Waals surface area contributed by atoms with Crippen molar-refractivity contribution in [2.45, 2.75) is 19.4 Å². The molecule has 1 aromatic heterocycles. The second-order valence-corrected chi connectivity index (χ2v) is 6.84. The highest BCUT2D eigenvalue weighted by Crippen LogP contribution is 2.25. The van der Waals surface area contributed by atoms with Crippen molar-refractivity contribution in [3.05, 3.63) is 27.2 Å². The molecule has 2 heterocycles. The van der Waals surface area contributed by atoms with Crippen molar-refractivity contribution >= 4 is 39.2 Å². The lowest BCUT2D eigenvalue weighted by molar-refractivity contribution is 0.195. The number of piperidine rings is 1. The van der Waals surface area contributed by atoms with Gasteiger partial charge in [-0.05, 0) is 66.6 Å². The first-order valence-corrected chi connectivity index (χ1v) is 8.01. The Morgan fingerprint density at radius 2 is 2.30 bits per heavy atom. The number of hydrogen-bond acceptors (Lipinski definition) is 2. The van der Waals surface area contributed by atoms with Gasteiger partial charge in [-0.15, -0.1) is 0 Å². The van der Waals surface area contributed by atoms with Crippen molar-refractivity contribution in [2.24, 2.45) is 5.92 Å². The molecule has 3 rings (SSSR count). The average Bonchev–Trinajstić information content (AvgIpc) is 2.67. The quantitative estimate of drug-likeness (QED) is 0.823. The molecular formula is C14H17BrFN3S. The predicted molar refractivity (Wildman–Crippen MR) is 85.0 cm³/mol. The van der Waals surface area contributed by atoms with E-state index in [2.05, 4.69) is 32.9 Å². The van der Waals surface area contributed by atoms with Gasteiger partial charge in [-0.1, -0.05) is 0 Å². The van der Waals surface area contributed by atoms with Crippen LogP contribution < -0.4 is 0 Å². The maximum Gasteiger partial charge on any atom is 0.178 e. The summed E-state index contributed by atoms with van der Waals surface area (Å²) in [5.74, 6) is 0.326. The third kappa shape index (κ3) is 2.69. The minimum Gasteiger partial charge on any atom is -0.331 e. The molecule has 0 bridgehead atoms. The van der Waals surface area contributed by atoms with E-state index >= 15 is 0 Å². The highest BCUT2D eigenvalue weighted by Gasteiger charge is 2.19. The summed E-state index contributed by atoms with van der Waals surface area (Å²) >= 11 is 8.61. The number of hydrogen-bond donors (Lipinski definition) is 1. The first-order chi connectivity index (χ1) is 9.54. The van der Waals surface area contributed by atoms with Crippen LogP contribution in [-0.4, -0.2) is 34.6 Å². The maximum atomic E-state index is 13.8. The topological polar surface area (TPSA) is 24.0 Å². The van der Waals surface area contributed by atoms with Crippen LogP contribution in [0.1, 0.15) is 12.8 Å². The molecule has 1 aliphatic heterocycles. The molecule has 1 aliphatic rings. The Bertz CT molecular complexity index is 694. The first kappa shape index (κ1) is 14.2. The van der Waals surface area contributed by atoms with E-state index in [4.69, 9.17) is 12.2 Å². The molecule has 2 aromatic rings. The van der Waals surface area contributed by atoms with E-state index in [1.807, 2.05) is 4.57 Å². The second-order valence-electron chi connectivity index (χ2n) is 5.59. The largest absolute Gasteiger partial charge is 0.331 e. The Morgan fingerprint density at radius 1 is 1.50 bits per heavy atom. The van der Waals surface area contributed by atoms with E-state index < -0.39 is 0 Å². The zero-order valence-electron chi connectivity index (χ0n) is 11.3. The minimum atomic E-state index is -0.249. The molecule has 1 fully saturated rings. The summed E-state index contributed by atoms with van der Waals surface area (Å²) in [6.45, 7) is 3.09. The second kappa shape index (κ2) is 5.58. The SMILES string of the molecule is CN1CCCC(Cn2c(=S)[nH]c3cc(Br)c(F)cc32)C1. The highest BCUT2D eigenvalue weighted by molar-refractivity contribution is 9.10. The third-order valence-corrected chi connectivity index (χ3v) is 4.91. The Kier molecular flexibility index (Phi) is 3.97. The smallest absolute Gasteiger partial charge is 0.178 e. The number of imidazole rings is 1. The minimum absolute atomic E-state index is 0.249. The molecule has 6 heteroatoms. The van der Waals surface area contributed by atoms with Gasteiger partial charge < -0.3 is 14.5 Å². The van der Waals surface area contributed by atoms with Gasteiger partial charge in [0.1, 0.15) is 5.82 Å². The average molecular weight is 358 g/mol. The molecule has 0 radical (unpaired) electrons. The van der Waals surface area contributed by atoms with E-state index in [1.54, 1.807) is 12.1 Å². The van der Waals surface area contributed by atoms with Gasteiger partial charge in [0, 0.05) is 19.2 Å². The van der Waals surface area contributed by atoms with E-state index in [0.29, 0.717) is 15.2 Å². The zero-order chi connectivity index (χ0) is 14.3.